The van der Waals surface area contributed by atoms with Crippen molar-refractivity contribution in [1.82, 2.24) is 29.3 Å². The predicted octanol–water partition coefficient (Wildman–Crippen LogP) is 5.58. The third kappa shape index (κ3) is 4.16. The van der Waals surface area contributed by atoms with Gasteiger partial charge in [-0.15, -0.1) is 22.0 Å². The Bertz CT molecular complexity index is 1340. The van der Waals surface area contributed by atoms with Crippen LogP contribution in [0.5, 0.6) is 0 Å². The number of aromatic nitrogens is 6. The van der Waals surface area contributed by atoms with Gasteiger partial charge in [-0.2, -0.15) is 26.3 Å². The SMILES string of the molecule is CCSc1cc2c(cc1-c1nnc(-c3cc(C(F)(F)F)ccn3)n1C)nc(C(F)(F)F)n2C. The first-order chi connectivity index (χ1) is 15.4. The lowest BCUT2D eigenvalue weighted by Crippen LogP contribution is -2.12. The van der Waals surface area contributed by atoms with Crippen LogP contribution in [0.2, 0.25) is 0 Å². The number of rotatable bonds is 4. The van der Waals surface area contributed by atoms with Gasteiger partial charge in [-0.3, -0.25) is 4.98 Å². The molecular weight excluding hydrogens is 470 g/mol. The molecule has 4 rings (SSSR count). The molecule has 0 spiro atoms. The fourth-order valence-electron chi connectivity index (χ4n) is 3.44. The molecule has 0 unspecified atom stereocenters. The van der Waals surface area contributed by atoms with Crippen LogP contribution >= 0.6 is 11.8 Å². The van der Waals surface area contributed by atoms with Crippen molar-refractivity contribution in [2.45, 2.75) is 24.2 Å². The summed E-state index contributed by atoms with van der Waals surface area (Å²) < 4.78 is 81.7. The van der Waals surface area contributed by atoms with E-state index in [0.717, 1.165) is 22.9 Å². The second-order valence-electron chi connectivity index (χ2n) is 7.10. The maximum atomic E-state index is 13.3. The Labute approximate surface area is 187 Å². The van der Waals surface area contributed by atoms with Crippen molar-refractivity contribution < 1.29 is 26.3 Å². The highest BCUT2D eigenvalue weighted by atomic mass is 32.2. The third-order valence-electron chi connectivity index (χ3n) is 4.97. The molecule has 0 fully saturated rings. The van der Waals surface area contributed by atoms with E-state index in [2.05, 4.69) is 20.2 Å². The van der Waals surface area contributed by atoms with Crippen molar-refractivity contribution in [3.8, 4) is 22.9 Å². The number of thioether (sulfide) groups is 1. The van der Waals surface area contributed by atoms with Crippen LogP contribution < -0.4 is 0 Å². The predicted molar refractivity (Wildman–Crippen MR) is 110 cm³/mol. The zero-order valence-electron chi connectivity index (χ0n) is 17.5. The molecule has 0 radical (unpaired) electrons. The van der Waals surface area contributed by atoms with Crippen molar-refractivity contribution in [3.05, 3.63) is 41.9 Å². The molecule has 0 amide bonds. The van der Waals surface area contributed by atoms with E-state index < -0.39 is 23.7 Å². The van der Waals surface area contributed by atoms with E-state index in [1.165, 1.54) is 29.4 Å². The quantitative estimate of drug-likeness (QED) is 0.278. The van der Waals surface area contributed by atoms with E-state index in [1.807, 2.05) is 6.92 Å². The summed E-state index contributed by atoms with van der Waals surface area (Å²) in [6.45, 7) is 1.89. The molecule has 1 aromatic carbocycles. The summed E-state index contributed by atoms with van der Waals surface area (Å²) in [4.78, 5) is 8.35. The molecule has 174 valence electrons. The summed E-state index contributed by atoms with van der Waals surface area (Å²) in [5, 5.41) is 8.10. The molecule has 0 saturated heterocycles. The molecule has 33 heavy (non-hydrogen) atoms. The lowest BCUT2D eigenvalue weighted by Gasteiger charge is -2.11. The van der Waals surface area contributed by atoms with E-state index >= 15 is 0 Å². The molecule has 0 aliphatic carbocycles. The van der Waals surface area contributed by atoms with Gasteiger partial charge in [-0.05, 0) is 30.0 Å². The van der Waals surface area contributed by atoms with Gasteiger partial charge in [-0.25, -0.2) is 4.98 Å². The van der Waals surface area contributed by atoms with Crippen LogP contribution in [-0.2, 0) is 26.4 Å². The minimum absolute atomic E-state index is 0.0333. The summed E-state index contributed by atoms with van der Waals surface area (Å²) >= 11 is 1.39. The smallest absolute Gasteiger partial charge is 0.323 e. The normalized spacial score (nSPS) is 12.6. The molecular formula is C20H16F6N6S. The van der Waals surface area contributed by atoms with Gasteiger partial charge >= 0.3 is 12.4 Å². The van der Waals surface area contributed by atoms with Crippen molar-refractivity contribution >= 4 is 22.8 Å². The number of alkyl halides is 6. The standard InChI is InChI=1S/C20H16F6N6S/c1-4-33-15-9-14-12(28-18(31(14)2)20(24,25)26)8-11(15)16-29-30-17(32(16)3)13-7-10(5-6-27-13)19(21,22)23/h5-9H,4H2,1-3H3. The molecule has 13 heteroatoms. The van der Waals surface area contributed by atoms with Crippen LogP contribution in [0.1, 0.15) is 18.3 Å². The lowest BCUT2D eigenvalue weighted by atomic mass is 10.1. The van der Waals surface area contributed by atoms with Crippen molar-refractivity contribution in [2.75, 3.05) is 5.75 Å². The Kier molecular flexibility index (Phi) is 5.63. The zero-order valence-corrected chi connectivity index (χ0v) is 18.3. The minimum Gasteiger partial charge on any atom is -0.323 e. The van der Waals surface area contributed by atoms with E-state index in [1.54, 1.807) is 13.1 Å². The number of fused-ring (bicyclic) bond motifs is 1. The average Bonchev–Trinajstić information content (AvgIpc) is 3.27. The Hall–Kier alpha value is -3.09. The maximum absolute atomic E-state index is 13.3. The Morgan fingerprint density at radius 1 is 0.909 bits per heavy atom. The van der Waals surface area contributed by atoms with Gasteiger partial charge < -0.3 is 9.13 Å². The van der Waals surface area contributed by atoms with Gasteiger partial charge in [0.15, 0.2) is 11.6 Å². The van der Waals surface area contributed by atoms with E-state index in [-0.39, 0.29) is 22.9 Å². The van der Waals surface area contributed by atoms with E-state index in [9.17, 15) is 26.3 Å². The summed E-state index contributed by atoms with van der Waals surface area (Å²) in [6.07, 6.45) is -8.15. The topological polar surface area (TPSA) is 61.4 Å². The molecule has 0 bridgehead atoms. The molecule has 0 saturated carbocycles. The van der Waals surface area contributed by atoms with Gasteiger partial charge in [0.2, 0.25) is 5.82 Å². The van der Waals surface area contributed by atoms with E-state index in [4.69, 9.17) is 0 Å². The Morgan fingerprint density at radius 2 is 1.61 bits per heavy atom. The molecule has 4 aromatic rings. The van der Waals surface area contributed by atoms with Crippen LogP contribution in [0, 0.1) is 0 Å². The highest BCUT2D eigenvalue weighted by Gasteiger charge is 2.37. The second kappa shape index (κ2) is 8.04. The number of halogens is 6. The molecule has 0 aliphatic rings. The molecule has 3 aromatic heterocycles. The Morgan fingerprint density at radius 3 is 2.24 bits per heavy atom. The Balaban J connectivity index is 1.88. The zero-order chi connectivity index (χ0) is 24.1. The van der Waals surface area contributed by atoms with Crippen molar-refractivity contribution in [3.63, 3.8) is 0 Å². The van der Waals surface area contributed by atoms with Crippen LogP contribution in [-0.4, -0.2) is 35.1 Å². The number of hydrogen-bond acceptors (Lipinski definition) is 5. The molecule has 3 heterocycles. The van der Waals surface area contributed by atoms with Gasteiger partial charge in [0.25, 0.3) is 0 Å². The van der Waals surface area contributed by atoms with Crippen molar-refractivity contribution in [1.29, 1.82) is 0 Å². The van der Waals surface area contributed by atoms with E-state index in [0.29, 0.717) is 21.7 Å². The number of nitrogens with zero attached hydrogens (tertiary/aromatic N) is 6. The highest BCUT2D eigenvalue weighted by molar-refractivity contribution is 7.99. The average molecular weight is 486 g/mol. The van der Waals surface area contributed by atoms with Crippen molar-refractivity contribution in [2.24, 2.45) is 14.1 Å². The number of hydrogen-bond donors (Lipinski definition) is 0. The largest absolute Gasteiger partial charge is 0.449 e. The van der Waals surface area contributed by atoms with Gasteiger partial charge in [-0.1, -0.05) is 6.92 Å². The maximum Gasteiger partial charge on any atom is 0.449 e. The number of imidazole rings is 1. The number of pyridine rings is 1. The van der Waals surface area contributed by atoms with Gasteiger partial charge in [0, 0.05) is 30.8 Å². The molecule has 0 atom stereocenters. The van der Waals surface area contributed by atoms with Crippen LogP contribution in [0.15, 0.2) is 35.4 Å². The van der Waals surface area contributed by atoms with Gasteiger partial charge in [0.05, 0.1) is 16.6 Å². The fraction of sp³-hybridized carbons (Fsp3) is 0.300. The third-order valence-corrected chi connectivity index (χ3v) is 5.91. The molecule has 0 N–H and O–H groups in total. The second-order valence-corrected chi connectivity index (χ2v) is 8.40. The summed E-state index contributed by atoms with van der Waals surface area (Å²) in [5.41, 5.74) is -0.0386. The summed E-state index contributed by atoms with van der Waals surface area (Å²) in [5.74, 6) is -0.0570. The highest BCUT2D eigenvalue weighted by Crippen LogP contribution is 2.38. The monoisotopic (exact) mass is 486 g/mol. The minimum atomic E-state index is -4.63. The van der Waals surface area contributed by atoms with Gasteiger partial charge in [0.1, 0.15) is 5.69 Å². The first-order valence-electron chi connectivity index (χ1n) is 9.55. The first kappa shape index (κ1) is 23.1. The molecule has 0 aliphatic heterocycles. The summed E-state index contributed by atoms with van der Waals surface area (Å²) in [6, 6.07) is 4.80. The first-order valence-corrected chi connectivity index (χ1v) is 10.5. The number of aryl methyl sites for hydroxylation is 1. The fourth-order valence-corrected chi connectivity index (χ4v) is 4.25. The van der Waals surface area contributed by atoms with Crippen LogP contribution in [0.25, 0.3) is 33.9 Å². The van der Waals surface area contributed by atoms with Crippen LogP contribution in [0.4, 0.5) is 26.3 Å². The number of benzene rings is 1. The lowest BCUT2D eigenvalue weighted by molar-refractivity contribution is -0.146. The molecule has 6 nitrogen and oxygen atoms in total. The van der Waals surface area contributed by atoms with Crippen LogP contribution in [0.3, 0.4) is 0 Å². The summed E-state index contributed by atoms with van der Waals surface area (Å²) in [7, 11) is 2.84.